The summed E-state index contributed by atoms with van der Waals surface area (Å²) in [4.78, 5) is 18.4. The number of amides is 1. The van der Waals surface area contributed by atoms with Crippen molar-refractivity contribution in [2.45, 2.75) is 13.5 Å². The molecule has 1 aliphatic heterocycles. The fourth-order valence-corrected chi connectivity index (χ4v) is 3.62. The van der Waals surface area contributed by atoms with Gasteiger partial charge in [0, 0.05) is 22.2 Å². The summed E-state index contributed by atoms with van der Waals surface area (Å²) in [6.45, 7) is 2.46. The summed E-state index contributed by atoms with van der Waals surface area (Å²) in [6, 6.07) is 13.5. The molecule has 1 amide bonds. The third-order valence-corrected chi connectivity index (χ3v) is 4.91. The Bertz CT molecular complexity index is 884. The van der Waals surface area contributed by atoms with Gasteiger partial charge < -0.3 is 10.1 Å². The molecule has 0 aliphatic carbocycles. The van der Waals surface area contributed by atoms with Crippen LogP contribution in [0.15, 0.2) is 48.7 Å². The number of anilines is 1. The maximum absolute atomic E-state index is 12.4. The SMILES string of the molecule is Cc1ccc(NC(=O)c2cc3c(s2)-c2ccccc2OC3)nc1. The maximum Gasteiger partial charge on any atom is 0.266 e. The van der Waals surface area contributed by atoms with E-state index in [2.05, 4.69) is 10.3 Å². The molecule has 0 atom stereocenters. The lowest BCUT2D eigenvalue weighted by Crippen LogP contribution is -2.11. The van der Waals surface area contributed by atoms with Gasteiger partial charge in [-0.1, -0.05) is 18.2 Å². The molecule has 1 aromatic carbocycles. The lowest BCUT2D eigenvalue weighted by Gasteiger charge is -2.16. The van der Waals surface area contributed by atoms with E-state index in [0.717, 1.165) is 27.3 Å². The second-order valence-electron chi connectivity index (χ2n) is 5.42. The van der Waals surface area contributed by atoms with Gasteiger partial charge in [-0.3, -0.25) is 4.79 Å². The molecule has 0 saturated carbocycles. The van der Waals surface area contributed by atoms with Crippen molar-refractivity contribution in [3.05, 3.63) is 64.7 Å². The van der Waals surface area contributed by atoms with Gasteiger partial charge in [0.15, 0.2) is 0 Å². The van der Waals surface area contributed by atoms with Crippen LogP contribution in [0.2, 0.25) is 0 Å². The van der Waals surface area contributed by atoms with Crippen LogP contribution in [0.4, 0.5) is 5.82 Å². The van der Waals surface area contributed by atoms with Gasteiger partial charge in [-0.2, -0.15) is 0 Å². The molecule has 4 nitrogen and oxygen atoms in total. The number of thiophene rings is 1. The first-order chi connectivity index (χ1) is 11.2. The number of para-hydroxylation sites is 1. The van der Waals surface area contributed by atoms with Crippen molar-refractivity contribution < 1.29 is 9.53 Å². The van der Waals surface area contributed by atoms with E-state index in [4.69, 9.17) is 4.74 Å². The predicted molar refractivity (Wildman–Crippen MR) is 91.0 cm³/mol. The Morgan fingerprint density at radius 3 is 2.96 bits per heavy atom. The number of nitrogens with zero attached hydrogens (tertiary/aromatic N) is 1. The number of pyridine rings is 1. The van der Waals surface area contributed by atoms with Crippen LogP contribution in [0.25, 0.3) is 10.4 Å². The highest BCUT2D eigenvalue weighted by molar-refractivity contribution is 7.17. The topological polar surface area (TPSA) is 51.2 Å². The van der Waals surface area contributed by atoms with Gasteiger partial charge in [0.2, 0.25) is 0 Å². The first-order valence-corrected chi connectivity index (χ1v) is 8.11. The zero-order valence-corrected chi connectivity index (χ0v) is 13.3. The number of hydrogen-bond acceptors (Lipinski definition) is 4. The molecular weight excluding hydrogens is 308 g/mol. The van der Waals surface area contributed by atoms with Crippen LogP contribution in [-0.2, 0) is 6.61 Å². The van der Waals surface area contributed by atoms with Crippen LogP contribution >= 0.6 is 11.3 Å². The summed E-state index contributed by atoms with van der Waals surface area (Å²) >= 11 is 1.49. The Morgan fingerprint density at radius 2 is 2.13 bits per heavy atom. The lowest BCUT2D eigenvalue weighted by atomic mass is 10.1. The molecule has 4 rings (SSSR count). The smallest absolute Gasteiger partial charge is 0.266 e. The van der Waals surface area contributed by atoms with Crippen molar-refractivity contribution >= 4 is 23.1 Å². The second-order valence-corrected chi connectivity index (χ2v) is 6.48. The number of carbonyl (C=O) groups is 1. The van der Waals surface area contributed by atoms with E-state index < -0.39 is 0 Å². The number of ether oxygens (including phenoxy) is 1. The Morgan fingerprint density at radius 1 is 1.26 bits per heavy atom. The Hall–Kier alpha value is -2.66. The molecule has 3 heterocycles. The van der Waals surface area contributed by atoms with E-state index in [1.807, 2.05) is 43.3 Å². The quantitative estimate of drug-likeness (QED) is 0.767. The van der Waals surface area contributed by atoms with Crippen molar-refractivity contribution in [2.75, 3.05) is 5.32 Å². The molecule has 5 heteroatoms. The van der Waals surface area contributed by atoms with E-state index in [-0.39, 0.29) is 5.91 Å². The van der Waals surface area contributed by atoms with Crippen LogP contribution in [0, 0.1) is 6.92 Å². The van der Waals surface area contributed by atoms with Crippen LogP contribution in [0.3, 0.4) is 0 Å². The minimum absolute atomic E-state index is 0.141. The lowest BCUT2D eigenvalue weighted by molar-refractivity contribution is 0.103. The van der Waals surface area contributed by atoms with E-state index in [0.29, 0.717) is 17.3 Å². The first kappa shape index (κ1) is 14.0. The molecule has 0 saturated heterocycles. The molecule has 0 fully saturated rings. The molecule has 1 aliphatic rings. The number of nitrogens with one attached hydrogen (secondary N) is 1. The zero-order valence-electron chi connectivity index (χ0n) is 12.5. The monoisotopic (exact) mass is 322 g/mol. The van der Waals surface area contributed by atoms with Crippen molar-refractivity contribution in [1.82, 2.24) is 4.98 Å². The van der Waals surface area contributed by atoms with Gasteiger partial charge in [-0.05, 0) is 36.8 Å². The van der Waals surface area contributed by atoms with Gasteiger partial charge in [0.05, 0.1) is 4.88 Å². The molecule has 114 valence electrons. The van der Waals surface area contributed by atoms with Crippen LogP contribution in [0.1, 0.15) is 20.8 Å². The van der Waals surface area contributed by atoms with Gasteiger partial charge in [0.25, 0.3) is 5.91 Å². The number of benzene rings is 1. The van der Waals surface area contributed by atoms with E-state index in [1.165, 1.54) is 11.3 Å². The molecule has 3 aromatic rings. The van der Waals surface area contributed by atoms with Crippen molar-refractivity contribution in [1.29, 1.82) is 0 Å². The van der Waals surface area contributed by atoms with Crippen molar-refractivity contribution in [3.63, 3.8) is 0 Å². The summed E-state index contributed by atoms with van der Waals surface area (Å²) in [5, 5.41) is 2.84. The number of rotatable bonds is 2. The average Bonchev–Trinajstić information content (AvgIpc) is 3.02. The number of hydrogen-bond donors (Lipinski definition) is 1. The molecule has 0 radical (unpaired) electrons. The summed E-state index contributed by atoms with van der Waals surface area (Å²) in [5.74, 6) is 1.29. The summed E-state index contributed by atoms with van der Waals surface area (Å²) < 4.78 is 5.74. The minimum Gasteiger partial charge on any atom is -0.488 e. The number of aryl methyl sites for hydroxylation is 1. The van der Waals surface area contributed by atoms with Crippen molar-refractivity contribution in [3.8, 4) is 16.2 Å². The number of fused-ring (bicyclic) bond motifs is 3. The standard InChI is InChI=1S/C18H14N2O2S/c1-11-6-7-16(19-9-11)20-18(21)15-8-12-10-22-14-5-3-2-4-13(14)17(12)23-15/h2-9H,10H2,1H3,(H,19,20,21). The predicted octanol–water partition coefficient (Wildman–Crippen LogP) is 4.26. The number of carbonyl (C=O) groups excluding carboxylic acids is 1. The maximum atomic E-state index is 12.4. The third kappa shape index (κ3) is 2.59. The highest BCUT2D eigenvalue weighted by Crippen LogP contribution is 2.42. The zero-order chi connectivity index (χ0) is 15.8. The van der Waals surface area contributed by atoms with E-state index in [9.17, 15) is 4.79 Å². The van der Waals surface area contributed by atoms with Gasteiger partial charge in [-0.25, -0.2) is 4.98 Å². The molecule has 0 bridgehead atoms. The van der Waals surface area contributed by atoms with Gasteiger partial charge in [0.1, 0.15) is 18.2 Å². The number of aromatic nitrogens is 1. The van der Waals surface area contributed by atoms with E-state index in [1.54, 1.807) is 12.3 Å². The largest absolute Gasteiger partial charge is 0.488 e. The summed E-state index contributed by atoms with van der Waals surface area (Å²) in [5.41, 5.74) is 3.16. The molecule has 23 heavy (non-hydrogen) atoms. The second kappa shape index (κ2) is 5.52. The summed E-state index contributed by atoms with van der Waals surface area (Å²) in [6.07, 6.45) is 1.74. The first-order valence-electron chi connectivity index (χ1n) is 7.29. The normalized spacial score (nSPS) is 12.0. The Labute approximate surface area is 137 Å². The van der Waals surface area contributed by atoms with Gasteiger partial charge >= 0.3 is 0 Å². The van der Waals surface area contributed by atoms with Crippen molar-refractivity contribution in [2.24, 2.45) is 0 Å². The van der Waals surface area contributed by atoms with E-state index >= 15 is 0 Å². The molecule has 2 aromatic heterocycles. The Kier molecular flexibility index (Phi) is 3.35. The fraction of sp³-hybridized carbons (Fsp3) is 0.111. The third-order valence-electron chi connectivity index (χ3n) is 3.70. The molecule has 0 unspecified atom stereocenters. The summed E-state index contributed by atoms with van der Waals surface area (Å²) in [7, 11) is 0. The Balaban J connectivity index is 1.63. The average molecular weight is 322 g/mol. The van der Waals surface area contributed by atoms with Crippen LogP contribution in [0.5, 0.6) is 5.75 Å². The highest BCUT2D eigenvalue weighted by Gasteiger charge is 2.22. The molecule has 0 spiro atoms. The molecule has 1 N–H and O–H groups in total. The van der Waals surface area contributed by atoms with Gasteiger partial charge in [-0.15, -0.1) is 11.3 Å². The minimum atomic E-state index is -0.141. The van der Waals surface area contributed by atoms with Crippen LogP contribution in [-0.4, -0.2) is 10.9 Å². The fourth-order valence-electron chi connectivity index (χ4n) is 2.53. The van der Waals surface area contributed by atoms with Crippen LogP contribution < -0.4 is 10.1 Å². The molecular formula is C18H14N2O2S. The highest BCUT2D eigenvalue weighted by atomic mass is 32.1.